The summed E-state index contributed by atoms with van der Waals surface area (Å²) in [5.41, 5.74) is 0. The molecule has 5 heteroatoms. The lowest BCUT2D eigenvalue weighted by Crippen LogP contribution is -2.46. The minimum absolute atomic E-state index is 0.756. The largest absolute Gasteiger partial charge is 0.500 e. The van der Waals surface area contributed by atoms with Crippen LogP contribution >= 0.6 is 22.6 Å². The van der Waals surface area contributed by atoms with E-state index < -0.39 is 8.80 Å². The molecule has 0 aliphatic heterocycles. The van der Waals surface area contributed by atoms with E-state index in [2.05, 4.69) is 43.4 Å². The molecule has 0 atom stereocenters. The molecule has 116 valence electrons. The number of rotatable bonds is 14. The zero-order valence-electron chi connectivity index (χ0n) is 12.9. The second-order valence-corrected chi connectivity index (χ2v) is 8.54. The lowest BCUT2D eigenvalue weighted by molar-refractivity contribution is 0.0586. The molecular weight excluding hydrogens is 371 g/mol. The Hall–Kier alpha value is 0.827. The first-order valence-electron chi connectivity index (χ1n) is 7.72. The topological polar surface area (TPSA) is 27.7 Å². The average molecular weight is 402 g/mol. The van der Waals surface area contributed by atoms with Gasteiger partial charge in [0, 0.05) is 25.9 Å². The van der Waals surface area contributed by atoms with Gasteiger partial charge in [-0.2, -0.15) is 0 Å². The van der Waals surface area contributed by atoms with Crippen LogP contribution in [-0.2, 0) is 13.3 Å². The molecule has 0 spiro atoms. The van der Waals surface area contributed by atoms with Gasteiger partial charge in [0.25, 0.3) is 0 Å². The van der Waals surface area contributed by atoms with Crippen molar-refractivity contribution < 1.29 is 13.3 Å². The van der Waals surface area contributed by atoms with Gasteiger partial charge in [-0.1, -0.05) is 49.8 Å². The first-order chi connectivity index (χ1) is 9.24. The molecule has 0 aromatic carbocycles. The van der Waals surface area contributed by atoms with Crippen LogP contribution in [0.25, 0.3) is 0 Å². The van der Waals surface area contributed by atoms with Crippen molar-refractivity contribution in [2.45, 2.75) is 65.3 Å². The van der Waals surface area contributed by atoms with Crippen molar-refractivity contribution >= 4 is 31.4 Å². The van der Waals surface area contributed by atoms with Crippen molar-refractivity contribution in [1.29, 1.82) is 0 Å². The van der Waals surface area contributed by atoms with Crippen LogP contribution in [0.3, 0.4) is 0 Å². The van der Waals surface area contributed by atoms with E-state index in [1.165, 1.54) is 17.3 Å². The van der Waals surface area contributed by atoms with Crippen LogP contribution < -0.4 is 0 Å². The van der Waals surface area contributed by atoms with Crippen molar-refractivity contribution in [3.63, 3.8) is 0 Å². The molecule has 0 aliphatic carbocycles. The fourth-order valence-corrected chi connectivity index (χ4v) is 5.18. The molecule has 0 unspecified atom stereocenters. The van der Waals surface area contributed by atoms with E-state index in [0.717, 1.165) is 51.5 Å². The fourth-order valence-electron chi connectivity index (χ4n) is 1.73. The quantitative estimate of drug-likeness (QED) is 0.181. The van der Waals surface area contributed by atoms with E-state index in [1.54, 1.807) is 0 Å². The van der Waals surface area contributed by atoms with Gasteiger partial charge in [-0.15, -0.1) is 0 Å². The Kier molecular flexibility index (Phi) is 14.4. The van der Waals surface area contributed by atoms with Crippen molar-refractivity contribution in [1.82, 2.24) is 0 Å². The maximum Gasteiger partial charge on any atom is 0.500 e. The van der Waals surface area contributed by atoms with Gasteiger partial charge >= 0.3 is 8.80 Å². The molecule has 0 saturated heterocycles. The van der Waals surface area contributed by atoms with Gasteiger partial charge in [0.15, 0.2) is 0 Å². The van der Waals surface area contributed by atoms with Crippen LogP contribution in [0, 0.1) is 0 Å². The second-order valence-electron chi connectivity index (χ2n) is 4.73. The number of halogens is 1. The predicted octanol–water partition coefficient (Wildman–Crippen LogP) is 4.81. The third-order valence-electron chi connectivity index (χ3n) is 2.69. The Balaban J connectivity index is 4.38. The number of hydrogen-bond donors (Lipinski definition) is 0. The summed E-state index contributed by atoms with van der Waals surface area (Å²) in [5, 5.41) is 0. The summed E-state index contributed by atoms with van der Waals surface area (Å²) in [7, 11) is -2.41. The highest BCUT2D eigenvalue weighted by Crippen LogP contribution is 2.21. The molecule has 0 radical (unpaired) electrons. The third-order valence-corrected chi connectivity index (χ3v) is 6.36. The number of alkyl halides is 1. The smallest absolute Gasteiger partial charge is 0.373 e. The first-order valence-corrected chi connectivity index (χ1v) is 11.2. The Labute approximate surface area is 134 Å². The molecule has 3 nitrogen and oxygen atoms in total. The van der Waals surface area contributed by atoms with Crippen LogP contribution in [0.5, 0.6) is 0 Å². The predicted molar refractivity (Wildman–Crippen MR) is 92.0 cm³/mol. The van der Waals surface area contributed by atoms with Gasteiger partial charge in [0.1, 0.15) is 0 Å². The monoisotopic (exact) mass is 402 g/mol. The number of hydrogen-bond acceptors (Lipinski definition) is 3. The van der Waals surface area contributed by atoms with Crippen molar-refractivity contribution in [2.24, 2.45) is 0 Å². The summed E-state index contributed by atoms with van der Waals surface area (Å²) in [6.07, 6.45) is 6.75. The van der Waals surface area contributed by atoms with Crippen LogP contribution in [0.1, 0.15) is 59.3 Å². The highest BCUT2D eigenvalue weighted by molar-refractivity contribution is 14.1. The Morgan fingerprint density at radius 3 is 1.58 bits per heavy atom. The van der Waals surface area contributed by atoms with Crippen molar-refractivity contribution in [3.05, 3.63) is 0 Å². The highest BCUT2D eigenvalue weighted by atomic mass is 127. The summed E-state index contributed by atoms with van der Waals surface area (Å²) < 4.78 is 19.4. The van der Waals surface area contributed by atoms with Gasteiger partial charge in [0.2, 0.25) is 0 Å². The van der Waals surface area contributed by atoms with Crippen LogP contribution in [0.4, 0.5) is 0 Å². The summed E-state index contributed by atoms with van der Waals surface area (Å²) in [4.78, 5) is 0. The van der Waals surface area contributed by atoms with Crippen molar-refractivity contribution in [3.8, 4) is 0 Å². The Bertz CT molecular complexity index is 172. The first kappa shape index (κ1) is 19.8. The third kappa shape index (κ3) is 10.2. The van der Waals surface area contributed by atoms with E-state index >= 15 is 0 Å². The SMILES string of the molecule is CCCO[Si](CCCCCI)(OCCC)OCCC. The van der Waals surface area contributed by atoms with Gasteiger partial charge in [-0.3, -0.25) is 0 Å². The summed E-state index contributed by atoms with van der Waals surface area (Å²) in [5.74, 6) is 0. The van der Waals surface area contributed by atoms with E-state index in [9.17, 15) is 0 Å². The van der Waals surface area contributed by atoms with Crippen LogP contribution in [0.15, 0.2) is 0 Å². The normalized spacial score (nSPS) is 12.0. The molecule has 0 fully saturated rings. The van der Waals surface area contributed by atoms with E-state index in [1.807, 2.05) is 0 Å². The van der Waals surface area contributed by atoms with Gasteiger partial charge in [0.05, 0.1) is 0 Å². The number of unbranched alkanes of at least 4 members (excludes halogenated alkanes) is 2. The molecule has 19 heavy (non-hydrogen) atoms. The maximum atomic E-state index is 6.06. The van der Waals surface area contributed by atoms with E-state index in [-0.39, 0.29) is 0 Å². The minimum Gasteiger partial charge on any atom is -0.373 e. The maximum absolute atomic E-state index is 6.06. The molecule has 0 aromatic rings. The summed E-state index contributed by atoms with van der Waals surface area (Å²) in [6, 6.07) is 0.976. The molecule has 0 rings (SSSR count). The van der Waals surface area contributed by atoms with E-state index in [0.29, 0.717) is 0 Å². The Morgan fingerprint density at radius 1 is 0.737 bits per heavy atom. The zero-order valence-corrected chi connectivity index (χ0v) is 16.0. The van der Waals surface area contributed by atoms with Gasteiger partial charge in [-0.25, -0.2) is 0 Å². The molecule has 0 amide bonds. The van der Waals surface area contributed by atoms with Crippen LogP contribution in [-0.4, -0.2) is 33.1 Å². The Morgan fingerprint density at radius 2 is 1.21 bits per heavy atom. The molecule has 0 bridgehead atoms. The minimum atomic E-state index is -2.41. The van der Waals surface area contributed by atoms with Gasteiger partial charge in [-0.05, 0) is 36.5 Å². The highest BCUT2D eigenvalue weighted by Gasteiger charge is 2.40. The molecule has 0 heterocycles. The zero-order chi connectivity index (χ0) is 14.4. The fraction of sp³-hybridized carbons (Fsp3) is 1.00. The average Bonchev–Trinajstić information content (AvgIpc) is 2.44. The lowest BCUT2D eigenvalue weighted by atomic mass is 10.3. The molecule has 0 saturated carbocycles. The summed E-state index contributed by atoms with van der Waals surface area (Å²) in [6.45, 7) is 8.67. The molecule has 0 aliphatic rings. The van der Waals surface area contributed by atoms with Crippen molar-refractivity contribution in [2.75, 3.05) is 24.2 Å². The van der Waals surface area contributed by atoms with E-state index in [4.69, 9.17) is 13.3 Å². The summed E-state index contributed by atoms with van der Waals surface area (Å²) >= 11 is 2.43. The van der Waals surface area contributed by atoms with Crippen LogP contribution in [0.2, 0.25) is 6.04 Å². The second kappa shape index (κ2) is 13.8. The van der Waals surface area contributed by atoms with Gasteiger partial charge < -0.3 is 13.3 Å². The lowest BCUT2D eigenvalue weighted by Gasteiger charge is -2.29. The molecule has 0 aromatic heterocycles. The molecule has 0 N–H and O–H groups in total. The standard InChI is InChI=1S/C14H31IO3Si/c1-4-11-16-19(17-12-5-2,18-13-6-3)14-9-7-8-10-15/h4-14H2,1-3H3. The molecular formula is C14H31IO3Si.